The van der Waals surface area contributed by atoms with E-state index in [-0.39, 0.29) is 17.0 Å². The van der Waals surface area contributed by atoms with Gasteiger partial charge in [0.15, 0.2) is 5.16 Å². The molecule has 2 aromatic carbocycles. The fourth-order valence-corrected chi connectivity index (χ4v) is 4.33. The van der Waals surface area contributed by atoms with Crippen LogP contribution in [-0.2, 0) is 24.3 Å². The van der Waals surface area contributed by atoms with Crippen LogP contribution < -0.4 is 15.6 Å². The average Bonchev–Trinajstić information content (AvgIpc) is 2.80. The van der Waals surface area contributed by atoms with Gasteiger partial charge in [0.2, 0.25) is 5.91 Å². The van der Waals surface area contributed by atoms with Crippen LogP contribution in [0.3, 0.4) is 0 Å². The molecule has 172 valence electrons. The van der Waals surface area contributed by atoms with Gasteiger partial charge < -0.3 is 15.0 Å². The van der Waals surface area contributed by atoms with Gasteiger partial charge in [0.25, 0.3) is 5.56 Å². The first kappa shape index (κ1) is 22.9. The zero-order valence-corrected chi connectivity index (χ0v) is 18.7. The minimum absolute atomic E-state index is 0.0849. The molecule has 0 unspecified atom stereocenters. The van der Waals surface area contributed by atoms with E-state index >= 15 is 0 Å². The van der Waals surface area contributed by atoms with E-state index < -0.39 is 17.5 Å². The largest absolute Gasteiger partial charge is 0.496 e. The minimum Gasteiger partial charge on any atom is -0.496 e. The summed E-state index contributed by atoms with van der Waals surface area (Å²) in [4.78, 5) is 34.2. The first-order valence-electron chi connectivity index (χ1n) is 10.3. The summed E-state index contributed by atoms with van der Waals surface area (Å²) < 4.78 is 32.1. The first-order valence-corrected chi connectivity index (χ1v) is 11.3. The number of methoxy groups -OCH3 is 1. The Morgan fingerprint density at radius 2 is 2.09 bits per heavy atom. The Morgan fingerprint density at radius 1 is 1.27 bits per heavy atom. The summed E-state index contributed by atoms with van der Waals surface area (Å²) in [6, 6.07) is 10.7. The molecule has 0 aliphatic carbocycles. The highest BCUT2D eigenvalue weighted by molar-refractivity contribution is 7.99. The van der Waals surface area contributed by atoms with Gasteiger partial charge in [0.1, 0.15) is 17.4 Å². The molecular weight excluding hydrogens is 450 g/mol. The molecule has 0 bridgehead atoms. The second kappa shape index (κ2) is 10.1. The molecule has 1 aromatic heterocycles. The molecule has 0 radical (unpaired) electrons. The number of H-pyrrole nitrogens is 1. The molecule has 10 heteroatoms. The molecule has 1 aliphatic rings. The van der Waals surface area contributed by atoms with Gasteiger partial charge in [0, 0.05) is 37.7 Å². The van der Waals surface area contributed by atoms with Gasteiger partial charge in [-0.05, 0) is 18.2 Å². The second-order valence-electron chi connectivity index (χ2n) is 7.53. The molecule has 1 aliphatic heterocycles. The van der Waals surface area contributed by atoms with Crippen molar-refractivity contribution in [3.05, 3.63) is 81.3 Å². The fraction of sp³-hybridized carbons (Fsp3) is 0.261. The molecule has 2 heterocycles. The number of hydrogen-bond donors (Lipinski definition) is 2. The number of carbonyl (C=O) groups is 1. The van der Waals surface area contributed by atoms with Gasteiger partial charge in [0.05, 0.1) is 29.8 Å². The molecular formula is C23H22F2N4O3S. The molecule has 4 rings (SSSR count). The SMILES string of the molecule is COc1ccccc1CN1CCc2nc(SCC(=O)Nc3ccc(F)cc3F)[nH]c(=O)c2C1. The number of aromatic amines is 1. The fourth-order valence-electron chi connectivity index (χ4n) is 3.65. The molecule has 3 aromatic rings. The topological polar surface area (TPSA) is 87.3 Å². The molecule has 0 spiro atoms. The van der Waals surface area contributed by atoms with Crippen LogP contribution in [0.15, 0.2) is 52.4 Å². The number of ether oxygens (including phenoxy) is 1. The number of nitrogens with one attached hydrogen (secondary N) is 2. The van der Waals surface area contributed by atoms with Crippen molar-refractivity contribution in [1.29, 1.82) is 0 Å². The number of para-hydroxylation sites is 1. The van der Waals surface area contributed by atoms with Crippen LogP contribution in [0, 0.1) is 11.6 Å². The molecule has 0 saturated heterocycles. The Kier molecular flexibility index (Phi) is 7.05. The summed E-state index contributed by atoms with van der Waals surface area (Å²) in [5.41, 5.74) is 2.02. The Hall–Kier alpha value is -3.24. The van der Waals surface area contributed by atoms with Gasteiger partial charge >= 0.3 is 0 Å². The summed E-state index contributed by atoms with van der Waals surface area (Å²) in [5, 5.41) is 2.71. The quantitative estimate of drug-likeness (QED) is 0.405. The zero-order chi connectivity index (χ0) is 23.4. The summed E-state index contributed by atoms with van der Waals surface area (Å²) in [7, 11) is 1.63. The lowest BCUT2D eigenvalue weighted by Gasteiger charge is -2.28. The lowest BCUT2D eigenvalue weighted by molar-refractivity contribution is -0.113. The molecule has 0 atom stereocenters. The number of aromatic nitrogens is 2. The molecule has 0 saturated carbocycles. The van der Waals surface area contributed by atoms with E-state index in [9.17, 15) is 18.4 Å². The highest BCUT2D eigenvalue weighted by Crippen LogP contribution is 2.23. The zero-order valence-electron chi connectivity index (χ0n) is 17.9. The maximum atomic E-state index is 13.7. The predicted octanol–water partition coefficient (Wildman–Crippen LogP) is 3.35. The van der Waals surface area contributed by atoms with Crippen LogP contribution in [0.5, 0.6) is 5.75 Å². The number of anilines is 1. The number of thioether (sulfide) groups is 1. The van der Waals surface area contributed by atoms with Crippen LogP contribution in [0.1, 0.15) is 16.8 Å². The van der Waals surface area contributed by atoms with Crippen LogP contribution in [0.2, 0.25) is 0 Å². The maximum Gasteiger partial charge on any atom is 0.256 e. The van der Waals surface area contributed by atoms with Crippen molar-refractivity contribution >= 4 is 23.4 Å². The molecule has 0 fully saturated rings. The minimum atomic E-state index is -0.855. The highest BCUT2D eigenvalue weighted by Gasteiger charge is 2.22. The van der Waals surface area contributed by atoms with E-state index in [2.05, 4.69) is 20.2 Å². The first-order chi connectivity index (χ1) is 15.9. The van der Waals surface area contributed by atoms with Crippen molar-refractivity contribution < 1.29 is 18.3 Å². The van der Waals surface area contributed by atoms with Gasteiger partial charge in [-0.15, -0.1) is 0 Å². The molecule has 1 amide bonds. The van der Waals surface area contributed by atoms with Gasteiger partial charge in [-0.2, -0.15) is 0 Å². The molecule has 2 N–H and O–H groups in total. The monoisotopic (exact) mass is 472 g/mol. The number of rotatable bonds is 7. The van der Waals surface area contributed by atoms with Crippen LogP contribution in [-0.4, -0.2) is 40.2 Å². The third-order valence-electron chi connectivity index (χ3n) is 5.26. The highest BCUT2D eigenvalue weighted by atomic mass is 32.2. The Bertz CT molecular complexity index is 1230. The van der Waals surface area contributed by atoms with E-state index in [0.717, 1.165) is 41.8 Å². The van der Waals surface area contributed by atoms with Crippen molar-refractivity contribution in [1.82, 2.24) is 14.9 Å². The van der Waals surface area contributed by atoms with Crippen LogP contribution in [0.4, 0.5) is 14.5 Å². The number of fused-ring (bicyclic) bond motifs is 1. The van der Waals surface area contributed by atoms with Gasteiger partial charge in [-0.25, -0.2) is 13.8 Å². The van der Waals surface area contributed by atoms with Crippen molar-refractivity contribution in [2.45, 2.75) is 24.7 Å². The van der Waals surface area contributed by atoms with Crippen LogP contribution >= 0.6 is 11.8 Å². The molecule has 33 heavy (non-hydrogen) atoms. The number of benzene rings is 2. The van der Waals surface area contributed by atoms with E-state index in [0.29, 0.717) is 42.0 Å². The molecule has 7 nitrogen and oxygen atoms in total. The third-order valence-corrected chi connectivity index (χ3v) is 6.13. The Balaban J connectivity index is 1.38. The van der Waals surface area contributed by atoms with Gasteiger partial charge in [-0.1, -0.05) is 30.0 Å². The number of amides is 1. The van der Waals surface area contributed by atoms with E-state index in [1.165, 1.54) is 0 Å². The van der Waals surface area contributed by atoms with Crippen molar-refractivity contribution in [3.8, 4) is 5.75 Å². The van der Waals surface area contributed by atoms with Crippen molar-refractivity contribution in [2.75, 3.05) is 24.7 Å². The smallest absolute Gasteiger partial charge is 0.256 e. The average molecular weight is 473 g/mol. The second-order valence-corrected chi connectivity index (χ2v) is 8.49. The summed E-state index contributed by atoms with van der Waals surface area (Å²) >= 11 is 1.05. The normalized spacial score (nSPS) is 13.4. The lowest BCUT2D eigenvalue weighted by Crippen LogP contribution is -2.35. The maximum absolute atomic E-state index is 13.7. The van der Waals surface area contributed by atoms with Gasteiger partial charge in [-0.3, -0.25) is 14.5 Å². The van der Waals surface area contributed by atoms with E-state index in [1.807, 2.05) is 24.3 Å². The number of hydrogen-bond acceptors (Lipinski definition) is 6. The third kappa shape index (κ3) is 5.58. The standard InChI is InChI=1S/C23H22F2N4O3S/c1-32-20-5-3-2-4-14(20)11-29-9-8-18-16(12-29)22(31)28-23(27-18)33-13-21(30)26-19-7-6-15(24)10-17(19)25/h2-7,10H,8-9,11-13H2,1H3,(H,26,30)(H,27,28,31). The van der Waals surface area contributed by atoms with Crippen LogP contribution in [0.25, 0.3) is 0 Å². The summed E-state index contributed by atoms with van der Waals surface area (Å²) in [6.07, 6.45) is 0.606. The predicted molar refractivity (Wildman–Crippen MR) is 121 cm³/mol. The lowest BCUT2D eigenvalue weighted by atomic mass is 10.1. The van der Waals surface area contributed by atoms with E-state index in [1.54, 1.807) is 7.11 Å². The van der Waals surface area contributed by atoms with E-state index in [4.69, 9.17) is 4.74 Å². The summed E-state index contributed by atoms with van der Waals surface area (Å²) in [5.74, 6) is -1.35. The number of nitrogens with zero attached hydrogens (tertiary/aromatic N) is 2. The van der Waals surface area contributed by atoms with Crippen molar-refractivity contribution in [3.63, 3.8) is 0 Å². The summed E-state index contributed by atoms with van der Waals surface area (Å²) in [6.45, 7) is 1.85. The Labute approximate surface area is 193 Å². The number of carbonyl (C=O) groups excluding carboxylic acids is 1. The van der Waals surface area contributed by atoms with Crippen molar-refractivity contribution in [2.24, 2.45) is 0 Å². The Morgan fingerprint density at radius 3 is 2.88 bits per heavy atom. The number of halogens is 2.